The molecule has 2 N–H and O–H groups in total. The molecule has 1 aromatic rings. The lowest BCUT2D eigenvalue weighted by atomic mass is 10.2. The van der Waals surface area contributed by atoms with Crippen molar-refractivity contribution in [2.45, 2.75) is 18.1 Å². The summed E-state index contributed by atoms with van der Waals surface area (Å²) in [4.78, 5) is 16.2. The summed E-state index contributed by atoms with van der Waals surface area (Å²) in [5.41, 5.74) is 0.386. The van der Waals surface area contributed by atoms with Gasteiger partial charge in [-0.1, -0.05) is 0 Å². The van der Waals surface area contributed by atoms with Crippen LogP contribution in [0.3, 0.4) is 0 Å². The second kappa shape index (κ2) is 6.09. The zero-order valence-electron chi connectivity index (χ0n) is 11.0. The van der Waals surface area contributed by atoms with Crippen LogP contribution >= 0.6 is 15.9 Å². The lowest BCUT2D eigenvalue weighted by Crippen LogP contribution is -2.35. The van der Waals surface area contributed by atoms with E-state index in [9.17, 15) is 13.2 Å². The molecule has 1 aliphatic rings. The first-order chi connectivity index (χ1) is 9.44. The number of pyridine rings is 1. The number of nitrogens with zero attached hydrogens (tertiary/aromatic N) is 1. The van der Waals surface area contributed by atoms with Crippen LogP contribution in [0.4, 0.5) is 5.82 Å². The van der Waals surface area contributed by atoms with Crippen molar-refractivity contribution in [2.24, 2.45) is 0 Å². The molecule has 2 rings (SSSR count). The fourth-order valence-corrected chi connectivity index (χ4v) is 4.30. The number of carbonyl (C=O) groups excluding carboxylic acids is 1. The second-order valence-electron chi connectivity index (χ2n) is 4.64. The summed E-state index contributed by atoms with van der Waals surface area (Å²) >= 11 is 3.26. The van der Waals surface area contributed by atoms with Gasteiger partial charge in [-0.05, 0) is 34.8 Å². The van der Waals surface area contributed by atoms with E-state index in [1.807, 2.05) is 0 Å². The van der Waals surface area contributed by atoms with Crippen molar-refractivity contribution in [3.63, 3.8) is 0 Å². The van der Waals surface area contributed by atoms with E-state index in [1.165, 1.54) is 0 Å². The minimum atomic E-state index is -3.04. The Balaban J connectivity index is 2.07. The van der Waals surface area contributed by atoms with Gasteiger partial charge in [-0.15, -0.1) is 0 Å². The highest BCUT2D eigenvalue weighted by molar-refractivity contribution is 9.10. The zero-order chi connectivity index (χ0) is 14.8. The third-order valence-corrected chi connectivity index (χ3v) is 6.00. The van der Waals surface area contributed by atoms with Crippen LogP contribution < -0.4 is 10.6 Å². The third-order valence-electron chi connectivity index (χ3n) is 3.29. The number of nitrogens with one attached hydrogen (secondary N) is 2. The minimum Gasteiger partial charge on any atom is -0.372 e. The van der Waals surface area contributed by atoms with Gasteiger partial charge in [0.1, 0.15) is 5.82 Å². The molecule has 20 heavy (non-hydrogen) atoms. The van der Waals surface area contributed by atoms with Crippen LogP contribution in [-0.2, 0) is 9.84 Å². The standard InChI is InChI=1S/C12H16BrN3O3S/c1-14-11-10(5-8(13)6-15-11)12(17)16-7-9-3-2-4-20(9,18)19/h5-6,9H,2-4,7H2,1H3,(H,14,15)(H,16,17). The molecule has 1 aromatic heterocycles. The van der Waals surface area contributed by atoms with Crippen LogP contribution in [0, 0.1) is 0 Å². The van der Waals surface area contributed by atoms with E-state index in [0.717, 1.165) is 0 Å². The summed E-state index contributed by atoms with van der Waals surface area (Å²) in [6, 6.07) is 1.65. The Bertz CT molecular complexity index is 618. The lowest BCUT2D eigenvalue weighted by molar-refractivity contribution is 0.0954. The molecule has 110 valence electrons. The molecular formula is C12H16BrN3O3S. The molecule has 1 fully saturated rings. The highest BCUT2D eigenvalue weighted by atomic mass is 79.9. The Hall–Kier alpha value is -1.15. The van der Waals surface area contributed by atoms with E-state index in [1.54, 1.807) is 19.3 Å². The van der Waals surface area contributed by atoms with Crippen molar-refractivity contribution in [1.82, 2.24) is 10.3 Å². The van der Waals surface area contributed by atoms with E-state index in [2.05, 4.69) is 31.5 Å². The van der Waals surface area contributed by atoms with Gasteiger partial charge in [0.15, 0.2) is 9.84 Å². The van der Waals surface area contributed by atoms with Gasteiger partial charge >= 0.3 is 0 Å². The Labute approximate surface area is 126 Å². The summed E-state index contributed by atoms with van der Waals surface area (Å²) in [5, 5.41) is 5.05. The van der Waals surface area contributed by atoms with Gasteiger partial charge in [-0.3, -0.25) is 4.79 Å². The van der Waals surface area contributed by atoms with E-state index in [4.69, 9.17) is 0 Å². The van der Waals surface area contributed by atoms with Gasteiger partial charge < -0.3 is 10.6 Å². The van der Waals surface area contributed by atoms with E-state index < -0.39 is 15.1 Å². The molecule has 8 heteroatoms. The highest BCUT2D eigenvalue weighted by Crippen LogP contribution is 2.20. The molecule has 0 bridgehead atoms. The van der Waals surface area contributed by atoms with Gasteiger partial charge in [0.25, 0.3) is 5.91 Å². The van der Waals surface area contributed by atoms with Crippen molar-refractivity contribution >= 4 is 37.5 Å². The lowest BCUT2D eigenvalue weighted by Gasteiger charge is -2.12. The normalized spacial score (nSPS) is 20.6. The van der Waals surface area contributed by atoms with Crippen LogP contribution in [0.15, 0.2) is 16.7 Å². The van der Waals surface area contributed by atoms with E-state index >= 15 is 0 Å². The average molecular weight is 362 g/mol. The number of hydrogen-bond acceptors (Lipinski definition) is 5. The number of anilines is 1. The predicted molar refractivity (Wildman–Crippen MR) is 80.6 cm³/mol. The monoisotopic (exact) mass is 361 g/mol. The predicted octanol–water partition coefficient (Wildman–Crippen LogP) is 1.19. The van der Waals surface area contributed by atoms with Crippen molar-refractivity contribution in [3.05, 3.63) is 22.3 Å². The Kier molecular flexibility index (Phi) is 4.64. The second-order valence-corrected chi connectivity index (χ2v) is 7.96. The maximum absolute atomic E-state index is 12.1. The van der Waals surface area contributed by atoms with Crippen molar-refractivity contribution in [1.29, 1.82) is 0 Å². The van der Waals surface area contributed by atoms with Crippen LogP contribution in [0.25, 0.3) is 0 Å². The average Bonchev–Trinajstić information content (AvgIpc) is 2.75. The smallest absolute Gasteiger partial charge is 0.255 e. The summed E-state index contributed by atoms with van der Waals surface area (Å²) in [5.74, 6) is 0.346. The highest BCUT2D eigenvalue weighted by Gasteiger charge is 2.31. The molecule has 1 amide bonds. The largest absolute Gasteiger partial charge is 0.372 e. The fourth-order valence-electron chi connectivity index (χ4n) is 2.20. The number of halogens is 1. The van der Waals surface area contributed by atoms with Crippen molar-refractivity contribution < 1.29 is 13.2 Å². The maximum atomic E-state index is 12.1. The summed E-state index contributed by atoms with van der Waals surface area (Å²) in [6.07, 6.45) is 2.87. The third kappa shape index (κ3) is 3.29. The number of carbonyl (C=O) groups is 1. The van der Waals surface area contributed by atoms with Crippen LogP contribution in [0.1, 0.15) is 23.2 Å². The molecule has 1 aliphatic heterocycles. The topological polar surface area (TPSA) is 88.2 Å². The number of aromatic nitrogens is 1. The van der Waals surface area contributed by atoms with Crippen LogP contribution in [0.5, 0.6) is 0 Å². The van der Waals surface area contributed by atoms with Gasteiger partial charge in [-0.25, -0.2) is 13.4 Å². The number of sulfone groups is 1. The molecular weight excluding hydrogens is 346 g/mol. The molecule has 1 saturated heterocycles. The molecule has 6 nitrogen and oxygen atoms in total. The van der Waals surface area contributed by atoms with Gasteiger partial charge in [0.05, 0.1) is 16.6 Å². The summed E-state index contributed by atoms with van der Waals surface area (Å²) < 4.78 is 24.1. The first-order valence-corrected chi connectivity index (χ1v) is 8.78. The van der Waals surface area contributed by atoms with Crippen LogP contribution in [-0.4, -0.2) is 43.9 Å². The van der Waals surface area contributed by atoms with Gasteiger partial charge in [0.2, 0.25) is 0 Å². The Morgan fingerprint density at radius 1 is 1.55 bits per heavy atom. The first kappa shape index (κ1) is 15.2. The molecule has 0 aromatic carbocycles. The molecule has 0 spiro atoms. The number of hydrogen-bond donors (Lipinski definition) is 2. The first-order valence-electron chi connectivity index (χ1n) is 6.27. The molecule has 0 radical (unpaired) electrons. The summed E-state index contributed by atoms with van der Waals surface area (Å²) in [6.45, 7) is 0.150. The zero-order valence-corrected chi connectivity index (χ0v) is 13.4. The maximum Gasteiger partial charge on any atom is 0.255 e. The number of rotatable bonds is 4. The fraction of sp³-hybridized carbons (Fsp3) is 0.500. The van der Waals surface area contributed by atoms with E-state index in [0.29, 0.717) is 28.7 Å². The van der Waals surface area contributed by atoms with Crippen LogP contribution in [0.2, 0.25) is 0 Å². The molecule has 1 atom stereocenters. The van der Waals surface area contributed by atoms with Gasteiger partial charge in [0, 0.05) is 24.3 Å². The molecule has 2 heterocycles. The molecule has 1 unspecified atom stereocenters. The molecule has 0 saturated carbocycles. The number of amides is 1. The molecule has 0 aliphatic carbocycles. The van der Waals surface area contributed by atoms with Crippen molar-refractivity contribution in [2.75, 3.05) is 24.7 Å². The Morgan fingerprint density at radius 2 is 2.30 bits per heavy atom. The van der Waals surface area contributed by atoms with E-state index in [-0.39, 0.29) is 18.2 Å². The Morgan fingerprint density at radius 3 is 2.90 bits per heavy atom. The SMILES string of the molecule is CNc1ncc(Br)cc1C(=O)NCC1CCCS1(=O)=O. The quantitative estimate of drug-likeness (QED) is 0.840. The minimum absolute atomic E-state index is 0.150. The van der Waals surface area contributed by atoms with Gasteiger partial charge in [-0.2, -0.15) is 0 Å². The summed E-state index contributed by atoms with van der Waals surface area (Å²) in [7, 11) is -1.37. The van der Waals surface area contributed by atoms with Crippen molar-refractivity contribution in [3.8, 4) is 0 Å².